The molecular weight excluding hydrogens is 182 g/mol. The van der Waals surface area contributed by atoms with Crippen molar-refractivity contribution in [2.75, 3.05) is 34.0 Å². The van der Waals surface area contributed by atoms with E-state index in [-0.39, 0.29) is 6.42 Å². The third-order valence-electron chi connectivity index (χ3n) is 2.26. The summed E-state index contributed by atoms with van der Waals surface area (Å²) in [5.41, 5.74) is 0. The first kappa shape index (κ1) is 15.8. The molecule has 4 heteroatoms. The van der Waals surface area contributed by atoms with E-state index >= 15 is 0 Å². The molecule has 0 aromatic carbocycles. The Morgan fingerprint density at radius 1 is 1.29 bits per heavy atom. The SMILES string of the molecule is CCC(=O)[O-].CC[N+](C)(CC)COC. The summed E-state index contributed by atoms with van der Waals surface area (Å²) in [4.78, 5) is 9.26. The van der Waals surface area contributed by atoms with Crippen molar-refractivity contribution in [3.05, 3.63) is 0 Å². The predicted octanol–water partition coefficient (Wildman–Crippen LogP) is 0.223. The Morgan fingerprint density at radius 3 is 1.71 bits per heavy atom. The Morgan fingerprint density at radius 2 is 1.64 bits per heavy atom. The largest absolute Gasteiger partial charge is 0.550 e. The monoisotopic (exact) mass is 205 g/mol. The van der Waals surface area contributed by atoms with Crippen LogP contribution in [0.25, 0.3) is 0 Å². The molecule has 86 valence electrons. The van der Waals surface area contributed by atoms with Crippen LogP contribution in [0.4, 0.5) is 0 Å². The maximum Gasteiger partial charge on any atom is 0.182 e. The fourth-order valence-electron chi connectivity index (χ4n) is 0.718. The van der Waals surface area contributed by atoms with Gasteiger partial charge in [0.15, 0.2) is 6.73 Å². The highest BCUT2D eigenvalue weighted by atomic mass is 16.5. The van der Waals surface area contributed by atoms with Crippen molar-refractivity contribution in [2.24, 2.45) is 0 Å². The first-order valence-electron chi connectivity index (χ1n) is 4.98. The van der Waals surface area contributed by atoms with Crippen LogP contribution in [0.3, 0.4) is 0 Å². The fraction of sp³-hybridized carbons (Fsp3) is 0.900. The van der Waals surface area contributed by atoms with Crippen LogP contribution in [-0.2, 0) is 9.53 Å². The van der Waals surface area contributed by atoms with Crippen LogP contribution in [0.2, 0.25) is 0 Å². The minimum atomic E-state index is -0.995. The standard InChI is InChI=1S/C7H18NO.C3H6O2/c1-5-8(3,6-2)7-9-4;1-2-3(4)5/h5-7H2,1-4H3;2H2,1H3,(H,4,5)/q+1;/p-1. The number of methoxy groups -OCH3 is 1. The van der Waals surface area contributed by atoms with E-state index in [2.05, 4.69) is 20.9 Å². The van der Waals surface area contributed by atoms with Gasteiger partial charge in [0.05, 0.1) is 20.1 Å². The first-order chi connectivity index (χ1) is 6.45. The first-order valence-corrected chi connectivity index (χ1v) is 4.98. The maximum absolute atomic E-state index is 9.26. The van der Waals surface area contributed by atoms with E-state index in [9.17, 15) is 9.90 Å². The van der Waals surface area contributed by atoms with E-state index in [1.807, 2.05) is 0 Å². The number of hydrogen-bond acceptors (Lipinski definition) is 3. The summed E-state index contributed by atoms with van der Waals surface area (Å²) in [6.07, 6.45) is 0.111. The van der Waals surface area contributed by atoms with Crippen LogP contribution in [0.1, 0.15) is 27.2 Å². The molecule has 0 aromatic heterocycles. The summed E-state index contributed by atoms with van der Waals surface area (Å²) in [5, 5.41) is 9.26. The minimum Gasteiger partial charge on any atom is -0.550 e. The zero-order valence-corrected chi connectivity index (χ0v) is 10.0. The van der Waals surface area contributed by atoms with Crippen LogP contribution >= 0.6 is 0 Å². The summed E-state index contributed by atoms with van der Waals surface area (Å²) >= 11 is 0. The molecule has 0 aliphatic rings. The molecule has 0 amide bonds. The number of carbonyl (C=O) groups excluding carboxylic acids is 1. The lowest BCUT2D eigenvalue weighted by Gasteiger charge is -2.30. The number of carboxylic acids is 1. The average molecular weight is 205 g/mol. The van der Waals surface area contributed by atoms with Gasteiger partial charge in [-0.15, -0.1) is 0 Å². The third-order valence-corrected chi connectivity index (χ3v) is 2.26. The summed E-state index contributed by atoms with van der Waals surface area (Å²) in [6, 6.07) is 0. The van der Waals surface area contributed by atoms with E-state index in [0.717, 1.165) is 24.3 Å². The third kappa shape index (κ3) is 9.48. The van der Waals surface area contributed by atoms with Gasteiger partial charge >= 0.3 is 0 Å². The Hall–Kier alpha value is -0.610. The molecule has 0 unspecified atom stereocenters. The molecule has 0 fully saturated rings. The fourth-order valence-corrected chi connectivity index (χ4v) is 0.718. The van der Waals surface area contributed by atoms with Gasteiger partial charge in [0.2, 0.25) is 0 Å². The summed E-state index contributed by atoms with van der Waals surface area (Å²) in [5.74, 6) is -0.995. The van der Waals surface area contributed by atoms with Crippen molar-refractivity contribution in [1.82, 2.24) is 0 Å². The zero-order valence-electron chi connectivity index (χ0n) is 10.0. The molecule has 0 atom stereocenters. The zero-order chi connectivity index (χ0) is 11.6. The summed E-state index contributed by atoms with van der Waals surface area (Å²) in [6.45, 7) is 9.02. The molecule has 0 spiro atoms. The highest BCUT2D eigenvalue weighted by Gasteiger charge is 2.14. The second-order valence-electron chi connectivity index (χ2n) is 3.40. The van der Waals surface area contributed by atoms with Crippen molar-refractivity contribution in [1.29, 1.82) is 0 Å². The van der Waals surface area contributed by atoms with Gasteiger partial charge in [-0.3, -0.25) is 0 Å². The van der Waals surface area contributed by atoms with E-state index in [1.54, 1.807) is 7.11 Å². The number of aliphatic carboxylic acids is 1. The highest BCUT2D eigenvalue weighted by molar-refractivity contribution is 5.63. The molecule has 0 aliphatic carbocycles. The quantitative estimate of drug-likeness (QED) is 0.476. The number of rotatable bonds is 5. The molecule has 0 radical (unpaired) electrons. The molecule has 0 aliphatic heterocycles. The van der Waals surface area contributed by atoms with Gasteiger partial charge < -0.3 is 19.1 Å². The van der Waals surface area contributed by atoms with Crippen LogP contribution in [0.5, 0.6) is 0 Å². The van der Waals surface area contributed by atoms with Crippen molar-refractivity contribution in [2.45, 2.75) is 27.2 Å². The molecule has 0 rings (SSSR count). The summed E-state index contributed by atoms with van der Waals surface area (Å²) < 4.78 is 6.07. The second kappa shape index (κ2) is 8.97. The number of nitrogens with zero attached hydrogens (tertiary/aromatic N) is 1. The highest BCUT2D eigenvalue weighted by Crippen LogP contribution is 1.99. The van der Waals surface area contributed by atoms with Gasteiger partial charge in [0.25, 0.3) is 0 Å². The van der Waals surface area contributed by atoms with E-state index in [0.29, 0.717) is 0 Å². The Balaban J connectivity index is 0. The normalized spacial score (nSPS) is 10.4. The van der Waals surface area contributed by atoms with Crippen molar-refractivity contribution in [3.8, 4) is 0 Å². The molecule has 4 nitrogen and oxygen atoms in total. The van der Waals surface area contributed by atoms with Crippen LogP contribution in [0.15, 0.2) is 0 Å². The van der Waals surface area contributed by atoms with Crippen LogP contribution in [0, 0.1) is 0 Å². The Kier molecular flexibility index (Phi) is 10.1. The predicted molar refractivity (Wildman–Crippen MR) is 54.4 cm³/mol. The van der Waals surface area contributed by atoms with Gasteiger partial charge in [-0.05, 0) is 20.3 Å². The van der Waals surface area contributed by atoms with Crippen molar-refractivity contribution >= 4 is 5.97 Å². The minimum absolute atomic E-state index is 0.111. The molecule has 0 aromatic rings. The van der Waals surface area contributed by atoms with Gasteiger partial charge in [-0.1, -0.05) is 6.92 Å². The number of ether oxygens (including phenoxy) is 1. The molecule has 0 bridgehead atoms. The molecular formula is C10H23NO3. The van der Waals surface area contributed by atoms with E-state index < -0.39 is 5.97 Å². The Labute approximate surface area is 87.1 Å². The molecule has 14 heavy (non-hydrogen) atoms. The van der Waals surface area contributed by atoms with Crippen LogP contribution in [-0.4, -0.2) is 44.4 Å². The van der Waals surface area contributed by atoms with Gasteiger partial charge in [-0.2, -0.15) is 0 Å². The Bertz CT molecular complexity index is 144. The number of carboxylic acid groups (broad SMARTS) is 1. The van der Waals surface area contributed by atoms with Crippen LogP contribution < -0.4 is 5.11 Å². The topological polar surface area (TPSA) is 49.4 Å². The van der Waals surface area contributed by atoms with Gasteiger partial charge in [0.1, 0.15) is 0 Å². The number of quaternary nitrogens is 1. The second-order valence-corrected chi connectivity index (χ2v) is 3.40. The van der Waals surface area contributed by atoms with Gasteiger partial charge in [-0.25, -0.2) is 0 Å². The maximum atomic E-state index is 9.26. The molecule has 0 saturated carbocycles. The van der Waals surface area contributed by atoms with Crippen molar-refractivity contribution in [3.63, 3.8) is 0 Å². The average Bonchev–Trinajstić information content (AvgIpc) is 2.19. The molecule has 0 N–H and O–H groups in total. The lowest BCUT2D eigenvalue weighted by molar-refractivity contribution is -0.924. The molecule has 0 heterocycles. The lowest BCUT2D eigenvalue weighted by atomic mass is 10.5. The smallest absolute Gasteiger partial charge is 0.182 e. The van der Waals surface area contributed by atoms with Gasteiger partial charge in [0, 0.05) is 13.1 Å². The number of carbonyl (C=O) groups is 1. The number of hydrogen-bond donors (Lipinski definition) is 0. The summed E-state index contributed by atoms with van der Waals surface area (Å²) in [7, 11) is 3.95. The van der Waals surface area contributed by atoms with E-state index in [1.165, 1.54) is 6.92 Å². The molecule has 0 saturated heterocycles. The lowest BCUT2D eigenvalue weighted by Crippen LogP contribution is -2.44. The van der Waals surface area contributed by atoms with E-state index in [4.69, 9.17) is 4.74 Å². The van der Waals surface area contributed by atoms with Crippen molar-refractivity contribution < 1.29 is 19.1 Å².